The van der Waals surface area contributed by atoms with Crippen molar-refractivity contribution >= 4 is 34.4 Å². The molecule has 9 nitrogen and oxygen atoms in total. The van der Waals surface area contributed by atoms with E-state index >= 15 is 0 Å². The fourth-order valence-electron chi connectivity index (χ4n) is 2.65. The lowest BCUT2D eigenvalue weighted by Crippen LogP contribution is -2.30. The number of rotatable bonds is 2. The van der Waals surface area contributed by atoms with Gasteiger partial charge in [-0.05, 0) is 0 Å². The lowest BCUT2D eigenvalue weighted by molar-refractivity contribution is -0.0601. The summed E-state index contributed by atoms with van der Waals surface area (Å²) in [6.07, 6.45) is 0.876. The van der Waals surface area contributed by atoms with Crippen molar-refractivity contribution in [3.8, 4) is 0 Å². The van der Waals surface area contributed by atoms with Gasteiger partial charge in [-0.3, -0.25) is 4.57 Å². The number of ether oxygens (including phenoxy) is 3. The van der Waals surface area contributed by atoms with Gasteiger partial charge in [0.05, 0.1) is 12.9 Å². The second kappa shape index (κ2) is 4.48. The van der Waals surface area contributed by atoms with Crippen LogP contribution in [-0.4, -0.2) is 54.8 Å². The Morgan fingerprint density at radius 3 is 2.90 bits per heavy atom. The maximum Gasteiger partial charge on any atom is 0.353 e. The summed E-state index contributed by atoms with van der Waals surface area (Å²) < 4.78 is 18.3. The standard InChI is InChI=1S/C11H11N5O4S/c12-8-5-9(14-2-13-8)16(3-15-5)10-7-6(4(1-17)18-10)19-11(21)20-7/h2-4,6-7,10,17H,1H2,(H2,12,13,14)/t4-,6+,7+,10+/m0/s1. The molecule has 0 aliphatic carbocycles. The van der Waals surface area contributed by atoms with E-state index in [1.807, 2.05) is 0 Å². The zero-order valence-electron chi connectivity index (χ0n) is 10.6. The van der Waals surface area contributed by atoms with E-state index in [9.17, 15) is 5.11 Å². The Morgan fingerprint density at radius 1 is 1.29 bits per heavy atom. The van der Waals surface area contributed by atoms with Gasteiger partial charge in [-0.15, -0.1) is 0 Å². The van der Waals surface area contributed by atoms with Crippen molar-refractivity contribution in [2.24, 2.45) is 0 Å². The third-order valence-corrected chi connectivity index (χ3v) is 3.78. The molecule has 4 atom stereocenters. The van der Waals surface area contributed by atoms with Gasteiger partial charge in [0.1, 0.15) is 17.9 Å². The van der Waals surface area contributed by atoms with Gasteiger partial charge in [0, 0.05) is 12.2 Å². The van der Waals surface area contributed by atoms with Crippen LogP contribution in [-0.2, 0) is 14.2 Å². The summed E-state index contributed by atoms with van der Waals surface area (Å²) >= 11 is 4.92. The fourth-order valence-corrected chi connectivity index (χ4v) is 2.88. The Balaban J connectivity index is 1.78. The monoisotopic (exact) mass is 309 g/mol. The molecule has 0 saturated carbocycles. The number of imidazole rings is 1. The molecule has 110 valence electrons. The Bertz CT molecular complexity index is 722. The van der Waals surface area contributed by atoms with Crippen LogP contribution in [0.1, 0.15) is 6.23 Å². The highest BCUT2D eigenvalue weighted by Crippen LogP contribution is 2.38. The topological polar surface area (TPSA) is 118 Å². The van der Waals surface area contributed by atoms with E-state index in [1.54, 1.807) is 10.9 Å². The number of hydrogen-bond acceptors (Lipinski definition) is 9. The highest BCUT2D eigenvalue weighted by molar-refractivity contribution is 7.79. The Morgan fingerprint density at radius 2 is 2.10 bits per heavy atom. The molecule has 0 aromatic carbocycles. The summed E-state index contributed by atoms with van der Waals surface area (Å²) in [5, 5.41) is 9.45. The molecule has 2 aromatic rings. The first-order valence-corrected chi connectivity index (χ1v) is 6.66. The molecular formula is C11H11N5O4S. The van der Waals surface area contributed by atoms with Crippen molar-refractivity contribution in [2.75, 3.05) is 12.3 Å². The first-order chi connectivity index (χ1) is 10.2. The summed E-state index contributed by atoms with van der Waals surface area (Å²) in [6, 6.07) is 0. The zero-order chi connectivity index (χ0) is 14.6. The predicted molar refractivity (Wildman–Crippen MR) is 73.1 cm³/mol. The maximum atomic E-state index is 9.40. The fraction of sp³-hybridized carbons (Fsp3) is 0.455. The van der Waals surface area contributed by atoms with Crippen LogP contribution >= 0.6 is 12.2 Å². The van der Waals surface area contributed by atoms with Crippen LogP contribution in [0.5, 0.6) is 0 Å². The Kier molecular flexibility index (Phi) is 2.71. The summed E-state index contributed by atoms with van der Waals surface area (Å²) in [6.45, 7) is -0.201. The zero-order valence-corrected chi connectivity index (χ0v) is 11.4. The summed E-state index contributed by atoms with van der Waals surface area (Å²) in [5.41, 5.74) is 6.76. The number of nitrogens with two attached hydrogens (primary N) is 1. The van der Waals surface area contributed by atoms with Crippen LogP contribution in [0.3, 0.4) is 0 Å². The molecule has 0 amide bonds. The lowest BCUT2D eigenvalue weighted by atomic mass is 10.1. The maximum absolute atomic E-state index is 9.40. The summed E-state index contributed by atoms with van der Waals surface area (Å²) in [7, 11) is 0. The van der Waals surface area contributed by atoms with E-state index in [0.717, 1.165) is 0 Å². The molecule has 0 unspecified atom stereocenters. The van der Waals surface area contributed by atoms with Gasteiger partial charge in [-0.25, -0.2) is 15.0 Å². The summed E-state index contributed by atoms with van der Waals surface area (Å²) in [5.74, 6) is 0.283. The second-order valence-electron chi connectivity index (χ2n) is 4.75. The smallest absolute Gasteiger partial charge is 0.353 e. The van der Waals surface area contributed by atoms with Crippen molar-refractivity contribution in [3.63, 3.8) is 0 Å². The third-order valence-electron chi connectivity index (χ3n) is 3.59. The molecule has 0 radical (unpaired) electrons. The average Bonchev–Trinajstić information content (AvgIpc) is 3.12. The minimum atomic E-state index is -0.563. The number of nitrogens with zero attached hydrogens (tertiary/aromatic N) is 4. The molecule has 2 saturated heterocycles. The molecule has 0 bridgehead atoms. The molecular weight excluding hydrogens is 298 g/mol. The average molecular weight is 309 g/mol. The van der Waals surface area contributed by atoms with E-state index in [0.29, 0.717) is 11.2 Å². The van der Waals surface area contributed by atoms with Crippen LogP contribution in [0.4, 0.5) is 5.82 Å². The number of aromatic nitrogens is 4. The second-order valence-corrected chi connectivity index (χ2v) is 5.08. The van der Waals surface area contributed by atoms with Crippen molar-refractivity contribution in [2.45, 2.75) is 24.5 Å². The van der Waals surface area contributed by atoms with Gasteiger partial charge in [-0.2, -0.15) is 0 Å². The van der Waals surface area contributed by atoms with Crippen molar-refractivity contribution in [1.82, 2.24) is 19.5 Å². The lowest BCUT2D eigenvalue weighted by Gasteiger charge is -2.17. The minimum absolute atomic E-state index is 0.0512. The number of anilines is 1. The molecule has 21 heavy (non-hydrogen) atoms. The molecule has 4 rings (SSSR count). The Hall–Kier alpha value is -2.04. The van der Waals surface area contributed by atoms with Crippen molar-refractivity contribution < 1.29 is 19.3 Å². The van der Waals surface area contributed by atoms with Gasteiger partial charge in [-0.1, -0.05) is 0 Å². The number of thiocarbonyl (C=S) groups is 1. The van der Waals surface area contributed by atoms with Gasteiger partial charge in [0.2, 0.25) is 0 Å². The van der Waals surface area contributed by atoms with Crippen molar-refractivity contribution in [1.29, 1.82) is 0 Å². The number of aliphatic hydroxyl groups is 1. The van der Waals surface area contributed by atoms with Crippen LogP contribution < -0.4 is 5.73 Å². The highest BCUT2D eigenvalue weighted by Gasteiger charge is 2.53. The van der Waals surface area contributed by atoms with Gasteiger partial charge in [0.25, 0.3) is 0 Å². The molecule has 2 aromatic heterocycles. The van der Waals surface area contributed by atoms with E-state index in [-0.39, 0.29) is 17.7 Å². The predicted octanol–water partition coefficient (Wildman–Crippen LogP) is -0.633. The van der Waals surface area contributed by atoms with Gasteiger partial charge in [0.15, 0.2) is 29.9 Å². The van der Waals surface area contributed by atoms with E-state index in [4.69, 9.17) is 32.2 Å². The first kappa shape index (κ1) is 12.7. The normalized spacial score (nSPS) is 31.2. The molecule has 2 aliphatic heterocycles. The molecule has 2 aliphatic rings. The van der Waals surface area contributed by atoms with Crippen LogP contribution in [0.25, 0.3) is 11.2 Å². The minimum Gasteiger partial charge on any atom is -0.446 e. The SMILES string of the molecule is Nc1ncnc2c1ncn2[C@@H]1O[C@@H](CO)[C@H]2OC(=S)O[C@H]21. The third kappa shape index (κ3) is 1.76. The molecule has 10 heteroatoms. The van der Waals surface area contributed by atoms with E-state index < -0.39 is 24.5 Å². The van der Waals surface area contributed by atoms with Crippen LogP contribution in [0.15, 0.2) is 12.7 Å². The molecule has 2 fully saturated rings. The highest BCUT2D eigenvalue weighted by atomic mass is 32.1. The first-order valence-electron chi connectivity index (χ1n) is 6.25. The number of nitrogen functional groups attached to an aromatic ring is 1. The van der Waals surface area contributed by atoms with Gasteiger partial charge < -0.3 is 25.1 Å². The molecule has 0 spiro atoms. The van der Waals surface area contributed by atoms with E-state index in [1.165, 1.54) is 6.33 Å². The number of aliphatic hydroxyl groups excluding tert-OH is 1. The molecule has 4 heterocycles. The number of hydrogen-bond donors (Lipinski definition) is 2. The van der Waals surface area contributed by atoms with Crippen LogP contribution in [0.2, 0.25) is 0 Å². The number of fused-ring (bicyclic) bond motifs is 2. The van der Waals surface area contributed by atoms with Gasteiger partial charge >= 0.3 is 5.24 Å². The Labute approximate surface area is 123 Å². The summed E-state index contributed by atoms with van der Waals surface area (Å²) in [4.78, 5) is 12.2. The van der Waals surface area contributed by atoms with E-state index in [2.05, 4.69) is 15.0 Å². The van der Waals surface area contributed by atoms with Crippen LogP contribution in [0, 0.1) is 0 Å². The largest absolute Gasteiger partial charge is 0.446 e. The molecule has 3 N–H and O–H groups in total. The van der Waals surface area contributed by atoms with Crippen molar-refractivity contribution in [3.05, 3.63) is 12.7 Å². The quantitative estimate of drug-likeness (QED) is 0.699.